The Balaban J connectivity index is 3.03. The van der Waals surface area contributed by atoms with Crippen LogP contribution in [-0.4, -0.2) is 0 Å². The molecule has 0 aliphatic rings. The van der Waals surface area contributed by atoms with Crippen molar-refractivity contribution in [2.24, 2.45) is 0 Å². The van der Waals surface area contributed by atoms with Gasteiger partial charge in [0, 0.05) is 16.8 Å². The van der Waals surface area contributed by atoms with Gasteiger partial charge in [0.05, 0.1) is 6.07 Å². The van der Waals surface area contributed by atoms with Crippen LogP contribution in [0.5, 0.6) is 0 Å². The number of nitrogen functional groups attached to an aromatic ring is 1. The van der Waals surface area contributed by atoms with Crippen molar-refractivity contribution >= 4 is 23.4 Å². The van der Waals surface area contributed by atoms with Crippen LogP contribution in [0.1, 0.15) is 5.56 Å². The molecule has 0 saturated carbocycles. The first-order chi connectivity index (χ1) is 5.74. The number of hydrogen-bond acceptors (Lipinski definition) is 2. The van der Waals surface area contributed by atoms with E-state index in [4.69, 9.17) is 22.6 Å². The largest absolute Gasteiger partial charge is 0.398 e. The zero-order chi connectivity index (χ0) is 8.97. The van der Waals surface area contributed by atoms with E-state index in [2.05, 4.69) is 0 Å². The molecule has 0 spiro atoms. The lowest BCUT2D eigenvalue weighted by Gasteiger charge is -1.98. The molecule has 1 rings (SSSR count). The van der Waals surface area contributed by atoms with Gasteiger partial charge in [-0.05, 0) is 23.8 Å². The zero-order valence-corrected chi connectivity index (χ0v) is 7.05. The van der Waals surface area contributed by atoms with Crippen molar-refractivity contribution in [2.45, 2.75) is 0 Å². The lowest BCUT2D eigenvalue weighted by Crippen LogP contribution is -1.87. The number of nitrogens with zero attached hydrogens (tertiary/aromatic N) is 1. The third-order valence-electron chi connectivity index (χ3n) is 1.39. The highest BCUT2D eigenvalue weighted by atomic mass is 35.5. The van der Waals surface area contributed by atoms with Gasteiger partial charge in [0.1, 0.15) is 0 Å². The molecular formula is C9H7ClN2. The molecule has 2 N–H and O–H groups in total. The van der Waals surface area contributed by atoms with Gasteiger partial charge in [-0.1, -0.05) is 17.7 Å². The molecule has 1 aromatic rings. The predicted octanol–water partition coefficient (Wildman–Crippen LogP) is 2.46. The third-order valence-corrected chi connectivity index (χ3v) is 1.62. The van der Waals surface area contributed by atoms with Crippen LogP contribution in [0.15, 0.2) is 24.3 Å². The minimum atomic E-state index is 0.578. The fourth-order valence-corrected chi connectivity index (χ4v) is 1.00. The Kier molecular flexibility index (Phi) is 2.73. The summed E-state index contributed by atoms with van der Waals surface area (Å²) in [6.45, 7) is 0. The van der Waals surface area contributed by atoms with Gasteiger partial charge in [-0.2, -0.15) is 5.26 Å². The fraction of sp³-hybridized carbons (Fsp3) is 0. The average molecular weight is 179 g/mol. The van der Waals surface area contributed by atoms with Crippen LogP contribution in [0, 0.1) is 11.3 Å². The molecule has 0 radical (unpaired) electrons. The van der Waals surface area contributed by atoms with Crippen molar-refractivity contribution in [1.29, 1.82) is 5.26 Å². The number of benzene rings is 1. The number of allylic oxidation sites excluding steroid dienone is 1. The van der Waals surface area contributed by atoms with Gasteiger partial charge >= 0.3 is 0 Å². The van der Waals surface area contributed by atoms with Gasteiger partial charge in [0.25, 0.3) is 0 Å². The van der Waals surface area contributed by atoms with Crippen molar-refractivity contribution in [3.05, 3.63) is 34.9 Å². The highest BCUT2D eigenvalue weighted by molar-refractivity contribution is 6.30. The van der Waals surface area contributed by atoms with E-state index in [0.29, 0.717) is 10.7 Å². The van der Waals surface area contributed by atoms with Crippen LogP contribution < -0.4 is 5.73 Å². The summed E-state index contributed by atoms with van der Waals surface area (Å²) in [5.41, 5.74) is 7.00. The molecule has 0 amide bonds. The molecule has 60 valence electrons. The maximum atomic E-state index is 8.27. The Hall–Kier alpha value is -1.46. The maximum Gasteiger partial charge on any atom is 0.0912 e. The van der Waals surface area contributed by atoms with Gasteiger partial charge in [-0.3, -0.25) is 0 Å². The summed E-state index contributed by atoms with van der Waals surface area (Å²) in [4.78, 5) is 0. The van der Waals surface area contributed by atoms with Crippen molar-refractivity contribution in [3.63, 3.8) is 0 Å². The molecular weight excluding hydrogens is 172 g/mol. The zero-order valence-electron chi connectivity index (χ0n) is 6.29. The highest BCUT2D eigenvalue weighted by Crippen LogP contribution is 2.18. The summed E-state index contributed by atoms with van der Waals surface area (Å²) in [5, 5.41) is 8.87. The Bertz CT molecular complexity index is 350. The van der Waals surface area contributed by atoms with E-state index in [9.17, 15) is 0 Å². The van der Waals surface area contributed by atoms with E-state index >= 15 is 0 Å². The summed E-state index contributed by atoms with van der Waals surface area (Å²) >= 11 is 5.68. The molecule has 0 aromatic heterocycles. The number of hydrogen-bond donors (Lipinski definition) is 1. The predicted molar refractivity (Wildman–Crippen MR) is 50.5 cm³/mol. The lowest BCUT2D eigenvalue weighted by atomic mass is 10.2. The summed E-state index contributed by atoms with van der Waals surface area (Å²) in [6.07, 6.45) is 3.02. The van der Waals surface area contributed by atoms with Gasteiger partial charge in [0.2, 0.25) is 0 Å². The molecule has 0 aliphatic carbocycles. The monoisotopic (exact) mass is 178 g/mol. The molecule has 3 heteroatoms. The molecule has 0 bridgehead atoms. The number of nitrogens with two attached hydrogens (primary N) is 1. The molecule has 0 aliphatic heterocycles. The lowest BCUT2D eigenvalue weighted by molar-refractivity contribution is 1.54. The van der Waals surface area contributed by atoms with E-state index < -0.39 is 0 Å². The third kappa shape index (κ3) is 2.01. The first kappa shape index (κ1) is 8.63. The van der Waals surface area contributed by atoms with Crippen LogP contribution in [-0.2, 0) is 0 Å². The first-order valence-electron chi connectivity index (χ1n) is 3.35. The minimum absolute atomic E-state index is 0.578. The molecule has 1 aromatic carbocycles. The summed E-state index contributed by atoms with van der Waals surface area (Å²) in [6, 6.07) is 7.04. The second-order valence-electron chi connectivity index (χ2n) is 2.24. The molecule has 12 heavy (non-hydrogen) atoms. The standard InChI is InChI=1S/C9H7ClN2/c10-8-4-3-7(2-1-5-11)9(12)6-8/h1-4,6H,12H2/b2-1+. The Morgan fingerprint density at radius 1 is 1.50 bits per heavy atom. The second-order valence-corrected chi connectivity index (χ2v) is 2.67. The first-order valence-corrected chi connectivity index (χ1v) is 3.73. The van der Waals surface area contributed by atoms with E-state index in [1.54, 1.807) is 24.3 Å². The smallest absolute Gasteiger partial charge is 0.0912 e. The van der Waals surface area contributed by atoms with Crippen LogP contribution in [0.3, 0.4) is 0 Å². The van der Waals surface area contributed by atoms with E-state index in [0.717, 1.165) is 5.56 Å². The van der Waals surface area contributed by atoms with Gasteiger partial charge in [-0.15, -0.1) is 0 Å². The van der Waals surface area contributed by atoms with E-state index in [1.165, 1.54) is 6.08 Å². The number of anilines is 1. The fourth-order valence-electron chi connectivity index (χ4n) is 0.824. The van der Waals surface area contributed by atoms with Gasteiger partial charge in [0.15, 0.2) is 0 Å². The molecule has 0 saturated heterocycles. The molecule has 0 heterocycles. The number of halogens is 1. The average Bonchev–Trinajstić information content (AvgIpc) is 2.03. The minimum Gasteiger partial charge on any atom is -0.398 e. The quantitative estimate of drug-likeness (QED) is 0.531. The van der Waals surface area contributed by atoms with Gasteiger partial charge < -0.3 is 5.73 Å². The van der Waals surface area contributed by atoms with Crippen LogP contribution in [0.25, 0.3) is 6.08 Å². The van der Waals surface area contributed by atoms with E-state index in [1.807, 2.05) is 6.07 Å². The molecule has 0 unspecified atom stereocenters. The number of rotatable bonds is 1. The van der Waals surface area contributed by atoms with Crippen molar-refractivity contribution in [1.82, 2.24) is 0 Å². The molecule has 0 fully saturated rings. The second kappa shape index (κ2) is 3.80. The highest BCUT2D eigenvalue weighted by Gasteiger charge is 1.94. The normalized spacial score (nSPS) is 10.0. The summed E-state index contributed by atoms with van der Waals surface area (Å²) in [7, 11) is 0. The van der Waals surface area contributed by atoms with Crippen molar-refractivity contribution in [3.8, 4) is 6.07 Å². The topological polar surface area (TPSA) is 49.8 Å². The van der Waals surface area contributed by atoms with Crippen LogP contribution >= 0.6 is 11.6 Å². The van der Waals surface area contributed by atoms with Crippen LogP contribution in [0.2, 0.25) is 5.02 Å². The summed E-state index contributed by atoms with van der Waals surface area (Å²) < 4.78 is 0. The summed E-state index contributed by atoms with van der Waals surface area (Å²) in [5.74, 6) is 0. The van der Waals surface area contributed by atoms with Crippen LogP contribution in [0.4, 0.5) is 5.69 Å². The molecule has 2 nitrogen and oxygen atoms in total. The van der Waals surface area contributed by atoms with E-state index in [-0.39, 0.29) is 0 Å². The number of nitriles is 1. The van der Waals surface area contributed by atoms with Crippen molar-refractivity contribution in [2.75, 3.05) is 5.73 Å². The SMILES string of the molecule is N#C/C=C/c1ccc(Cl)cc1N. The Labute approximate surface area is 75.9 Å². The van der Waals surface area contributed by atoms with Gasteiger partial charge in [-0.25, -0.2) is 0 Å². The Morgan fingerprint density at radius 2 is 2.25 bits per heavy atom. The Morgan fingerprint density at radius 3 is 2.83 bits per heavy atom. The van der Waals surface area contributed by atoms with Crippen molar-refractivity contribution < 1.29 is 0 Å². The maximum absolute atomic E-state index is 8.27. The molecule has 0 atom stereocenters.